The van der Waals surface area contributed by atoms with E-state index in [9.17, 15) is 13.2 Å². The van der Waals surface area contributed by atoms with Crippen LogP contribution in [-0.4, -0.2) is 33.4 Å². The van der Waals surface area contributed by atoms with E-state index < -0.39 is 10.0 Å². The smallest absolute Gasteiger partial charge is 0.328 e. The van der Waals surface area contributed by atoms with Gasteiger partial charge in [-0.25, -0.2) is 13.2 Å². The quantitative estimate of drug-likeness (QED) is 0.382. The predicted molar refractivity (Wildman–Crippen MR) is 129 cm³/mol. The van der Waals surface area contributed by atoms with E-state index in [1.165, 1.54) is 15.2 Å². The van der Waals surface area contributed by atoms with E-state index in [0.717, 1.165) is 11.7 Å². The Morgan fingerprint density at radius 3 is 2.32 bits per heavy atom. The highest BCUT2D eigenvalue weighted by atomic mass is 32.2. The number of anilines is 1. The molecule has 2 aromatic heterocycles. The maximum absolute atomic E-state index is 13.4. The van der Waals surface area contributed by atoms with Crippen molar-refractivity contribution in [1.82, 2.24) is 17.9 Å². The molecule has 0 fully saturated rings. The van der Waals surface area contributed by atoms with E-state index in [2.05, 4.69) is 13.5 Å². The first-order valence-corrected chi connectivity index (χ1v) is 12.3. The number of benzene rings is 3. The van der Waals surface area contributed by atoms with Gasteiger partial charge in [-0.2, -0.15) is 8.75 Å². The third-order valence-electron chi connectivity index (χ3n) is 5.44. The average Bonchev–Trinajstić information content (AvgIpc) is 3.39. The SMILES string of the molecule is COc1ccc(Oc2cc3c(cc2NS(=O)(=O)c2cccc4nsnc24)n(C)c(=O)n3C)cc1. The fraction of sp³-hybridized carbons (Fsp3) is 0.136. The summed E-state index contributed by atoms with van der Waals surface area (Å²) in [6.07, 6.45) is 0. The van der Waals surface area contributed by atoms with Crippen LogP contribution in [0.5, 0.6) is 17.2 Å². The molecule has 1 N–H and O–H groups in total. The zero-order valence-electron chi connectivity index (χ0n) is 18.3. The molecule has 0 aliphatic heterocycles. The van der Waals surface area contributed by atoms with Crippen LogP contribution in [0.4, 0.5) is 5.69 Å². The number of methoxy groups -OCH3 is 1. The highest BCUT2D eigenvalue weighted by Crippen LogP contribution is 2.36. The van der Waals surface area contributed by atoms with Gasteiger partial charge in [0.15, 0.2) is 5.75 Å². The Hall–Kier alpha value is -3.90. The van der Waals surface area contributed by atoms with Crippen molar-refractivity contribution in [3.05, 3.63) is 65.1 Å². The van der Waals surface area contributed by atoms with Crippen LogP contribution in [-0.2, 0) is 24.1 Å². The highest BCUT2D eigenvalue weighted by molar-refractivity contribution is 7.93. The van der Waals surface area contributed by atoms with Crippen molar-refractivity contribution in [2.75, 3.05) is 11.8 Å². The Morgan fingerprint density at radius 1 is 0.941 bits per heavy atom. The Labute approximate surface area is 198 Å². The third kappa shape index (κ3) is 3.66. The molecule has 0 radical (unpaired) electrons. The number of aryl methyl sites for hydroxylation is 2. The van der Waals surface area contributed by atoms with Crippen LogP contribution >= 0.6 is 11.7 Å². The number of imidazole rings is 1. The van der Waals surface area contributed by atoms with Gasteiger partial charge in [-0.05, 0) is 42.5 Å². The molecule has 0 saturated heterocycles. The van der Waals surface area contributed by atoms with E-state index in [1.807, 2.05) is 0 Å². The van der Waals surface area contributed by atoms with Crippen LogP contribution in [0.3, 0.4) is 0 Å². The van der Waals surface area contributed by atoms with E-state index in [4.69, 9.17) is 9.47 Å². The zero-order valence-corrected chi connectivity index (χ0v) is 20.0. The van der Waals surface area contributed by atoms with Crippen LogP contribution in [0.15, 0.2) is 64.3 Å². The monoisotopic (exact) mass is 497 g/mol. The second-order valence-corrected chi connectivity index (χ2v) is 9.69. The van der Waals surface area contributed by atoms with E-state index >= 15 is 0 Å². The molecule has 5 rings (SSSR count). The normalized spacial score (nSPS) is 11.7. The number of fused-ring (bicyclic) bond motifs is 2. The minimum atomic E-state index is -4.06. The maximum Gasteiger partial charge on any atom is 0.328 e. The van der Waals surface area contributed by atoms with Crippen molar-refractivity contribution >= 4 is 49.5 Å². The summed E-state index contributed by atoms with van der Waals surface area (Å²) < 4.78 is 51.7. The van der Waals surface area contributed by atoms with Crippen molar-refractivity contribution in [2.45, 2.75) is 4.90 Å². The molecular formula is C22H19N5O5S2. The minimum Gasteiger partial charge on any atom is -0.497 e. The predicted octanol–water partition coefficient (Wildman–Crippen LogP) is 3.48. The molecule has 0 saturated carbocycles. The Balaban J connectivity index is 1.64. The number of ether oxygens (including phenoxy) is 2. The molecule has 10 nitrogen and oxygen atoms in total. The molecule has 174 valence electrons. The summed E-state index contributed by atoms with van der Waals surface area (Å²) in [7, 11) is 0.761. The van der Waals surface area contributed by atoms with Gasteiger partial charge >= 0.3 is 5.69 Å². The molecular weight excluding hydrogens is 478 g/mol. The third-order valence-corrected chi connectivity index (χ3v) is 7.38. The molecule has 0 unspecified atom stereocenters. The standard InChI is InChI=1S/C22H19N5O5S2/c1-26-17-11-16(25-34(29,30)20-6-4-5-15-21(20)24-33-23-15)19(12-18(17)27(2)22(26)28)32-14-9-7-13(31-3)8-10-14/h4-12,25H,1-3H3. The van der Waals surface area contributed by atoms with Crippen molar-refractivity contribution in [3.63, 3.8) is 0 Å². The van der Waals surface area contributed by atoms with Gasteiger partial charge in [0, 0.05) is 20.2 Å². The second kappa shape index (κ2) is 8.15. The largest absolute Gasteiger partial charge is 0.497 e. The number of hydrogen-bond donors (Lipinski definition) is 1. The molecule has 2 heterocycles. The molecule has 3 aromatic carbocycles. The van der Waals surface area contributed by atoms with Gasteiger partial charge in [-0.1, -0.05) is 6.07 Å². The molecule has 0 atom stereocenters. The molecule has 34 heavy (non-hydrogen) atoms. The van der Waals surface area contributed by atoms with Gasteiger partial charge in [0.2, 0.25) is 0 Å². The fourth-order valence-corrected chi connectivity index (χ4v) is 5.49. The van der Waals surface area contributed by atoms with Crippen molar-refractivity contribution in [1.29, 1.82) is 0 Å². The van der Waals surface area contributed by atoms with Crippen LogP contribution in [0.1, 0.15) is 0 Å². The molecule has 0 amide bonds. The van der Waals surface area contributed by atoms with Gasteiger partial charge in [0.1, 0.15) is 27.4 Å². The first kappa shape index (κ1) is 21.9. The summed E-state index contributed by atoms with van der Waals surface area (Å²) >= 11 is 0.938. The molecule has 0 aliphatic rings. The summed E-state index contributed by atoms with van der Waals surface area (Å²) in [4.78, 5) is 12.5. The van der Waals surface area contributed by atoms with Gasteiger partial charge < -0.3 is 9.47 Å². The van der Waals surface area contributed by atoms with E-state index in [1.54, 1.807) is 69.7 Å². The van der Waals surface area contributed by atoms with Gasteiger partial charge in [-0.15, -0.1) is 0 Å². The first-order chi connectivity index (χ1) is 16.3. The van der Waals surface area contributed by atoms with Crippen molar-refractivity contribution < 1.29 is 17.9 Å². The first-order valence-electron chi connectivity index (χ1n) is 10.0. The lowest BCUT2D eigenvalue weighted by Gasteiger charge is -2.15. The molecule has 0 aliphatic carbocycles. The maximum atomic E-state index is 13.4. The summed E-state index contributed by atoms with van der Waals surface area (Å²) in [5, 5.41) is 0. The molecule has 0 bridgehead atoms. The van der Waals surface area contributed by atoms with Gasteiger partial charge in [0.05, 0.1) is 35.6 Å². The minimum absolute atomic E-state index is 0.00352. The summed E-state index contributed by atoms with van der Waals surface area (Å²) in [5.74, 6) is 1.34. The number of rotatable bonds is 6. The topological polar surface area (TPSA) is 117 Å². The van der Waals surface area contributed by atoms with Crippen molar-refractivity contribution in [2.24, 2.45) is 14.1 Å². The number of sulfonamides is 1. The van der Waals surface area contributed by atoms with Crippen LogP contribution in [0.25, 0.3) is 22.1 Å². The molecule has 12 heteroatoms. The highest BCUT2D eigenvalue weighted by Gasteiger charge is 2.23. The Kier molecular flexibility index (Phi) is 5.25. The second-order valence-electron chi connectivity index (χ2n) is 7.51. The Bertz CT molecular complexity index is 1700. The summed E-state index contributed by atoms with van der Waals surface area (Å²) in [6.45, 7) is 0. The number of nitrogens with one attached hydrogen (secondary N) is 1. The summed E-state index contributed by atoms with van der Waals surface area (Å²) in [5.41, 5.74) is 1.83. The van der Waals surface area contributed by atoms with Crippen molar-refractivity contribution in [3.8, 4) is 17.2 Å². The van der Waals surface area contributed by atoms with E-state index in [-0.39, 0.29) is 27.5 Å². The lowest BCUT2D eigenvalue weighted by atomic mass is 10.2. The average molecular weight is 498 g/mol. The van der Waals surface area contributed by atoms with E-state index in [0.29, 0.717) is 28.0 Å². The van der Waals surface area contributed by atoms with Gasteiger partial charge in [0.25, 0.3) is 10.0 Å². The number of hydrogen-bond acceptors (Lipinski definition) is 8. The summed E-state index contributed by atoms with van der Waals surface area (Å²) in [6, 6.07) is 14.8. The number of aromatic nitrogens is 4. The fourth-order valence-electron chi connectivity index (χ4n) is 3.66. The molecule has 0 spiro atoms. The lowest BCUT2D eigenvalue weighted by molar-refractivity contribution is 0.413. The van der Waals surface area contributed by atoms with Gasteiger partial charge in [-0.3, -0.25) is 13.9 Å². The van der Waals surface area contributed by atoms with Crippen LogP contribution in [0, 0.1) is 0 Å². The Morgan fingerprint density at radius 2 is 1.62 bits per heavy atom. The lowest BCUT2D eigenvalue weighted by Crippen LogP contribution is -2.19. The van der Waals surface area contributed by atoms with Crippen LogP contribution in [0.2, 0.25) is 0 Å². The van der Waals surface area contributed by atoms with Crippen LogP contribution < -0.4 is 19.9 Å². The zero-order chi connectivity index (χ0) is 24.0. The molecule has 5 aromatic rings. The number of nitrogens with zero attached hydrogens (tertiary/aromatic N) is 4.